The SMILES string of the molecule is N#Cc1c(N=Cc2ccccc2OCc2ccc(Cl)cc2)oc(-c2ccccc2)c1-c1ccccc1. The molecule has 5 rings (SSSR count). The van der Waals surface area contributed by atoms with Crippen LogP contribution in [0.15, 0.2) is 119 Å². The van der Waals surface area contributed by atoms with E-state index in [9.17, 15) is 5.26 Å². The highest BCUT2D eigenvalue weighted by atomic mass is 35.5. The third-order valence-electron chi connectivity index (χ3n) is 5.65. The van der Waals surface area contributed by atoms with Crippen LogP contribution in [-0.4, -0.2) is 6.21 Å². The van der Waals surface area contributed by atoms with Crippen molar-refractivity contribution >= 4 is 23.7 Å². The highest BCUT2D eigenvalue weighted by Crippen LogP contribution is 2.42. The van der Waals surface area contributed by atoms with Gasteiger partial charge in [-0.25, -0.2) is 4.99 Å². The van der Waals surface area contributed by atoms with E-state index in [1.807, 2.05) is 109 Å². The molecule has 0 aliphatic rings. The van der Waals surface area contributed by atoms with Crippen LogP contribution in [0.3, 0.4) is 0 Å². The Kier molecular flexibility index (Phi) is 6.93. The molecule has 0 fully saturated rings. The monoisotopic (exact) mass is 488 g/mol. The van der Waals surface area contributed by atoms with Crippen LogP contribution in [0, 0.1) is 11.3 Å². The summed E-state index contributed by atoms with van der Waals surface area (Å²) in [6.07, 6.45) is 1.67. The van der Waals surface area contributed by atoms with Gasteiger partial charge in [0.1, 0.15) is 29.7 Å². The minimum atomic E-state index is 0.253. The van der Waals surface area contributed by atoms with Crippen LogP contribution < -0.4 is 4.74 Å². The molecule has 0 N–H and O–H groups in total. The summed E-state index contributed by atoms with van der Waals surface area (Å²) in [6, 6.07) is 36.9. The van der Waals surface area contributed by atoms with Crippen LogP contribution in [0.5, 0.6) is 5.75 Å². The molecule has 0 spiro atoms. The van der Waals surface area contributed by atoms with Crippen molar-refractivity contribution in [2.45, 2.75) is 6.61 Å². The van der Waals surface area contributed by atoms with E-state index in [0.717, 1.165) is 27.8 Å². The van der Waals surface area contributed by atoms with Gasteiger partial charge in [0, 0.05) is 27.9 Å². The van der Waals surface area contributed by atoms with Gasteiger partial charge in [-0.05, 0) is 35.4 Å². The fourth-order valence-electron chi connectivity index (χ4n) is 3.88. The zero-order valence-corrected chi connectivity index (χ0v) is 20.0. The summed E-state index contributed by atoms with van der Waals surface area (Å²) in [5.74, 6) is 1.54. The lowest BCUT2D eigenvalue weighted by atomic mass is 9.98. The molecule has 174 valence electrons. The van der Waals surface area contributed by atoms with Crippen LogP contribution in [0.4, 0.5) is 5.88 Å². The Labute approximate surface area is 214 Å². The fraction of sp³-hybridized carbons (Fsp3) is 0.0323. The van der Waals surface area contributed by atoms with Crippen LogP contribution in [0.25, 0.3) is 22.5 Å². The maximum Gasteiger partial charge on any atom is 0.238 e. The Hall–Kier alpha value is -4.59. The van der Waals surface area contributed by atoms with Gasteiger partial charge in [0.2, 0.25) is 5.88 Å². The van der Waals surface area contributed by atoms with Gasteiger partial charge < -0.3 is 9.15 Å². The number of hydrogen-bond donors (Lipinski definition) is 0. The van der Waals surface area contributed by atoms with E-state index < -0.39 is 0 Å². The number of ether oxygens (including phenoxy) is 1. The van der Waals surface area contributed by atoms with Gasteiger partial charge in [-0.1, -0.05) is 96.5 Å². The van der Waals surface area contributed by atoms with E-state index in [0.29, 0.717) is 28.7 Å². The van der Waals surface area contributed by atoms with E-state index in [1.54, 1.807) is 6.21 Å². The van der Waals surface area contributed by atoms with E-state index in [-0.39, 0.29) is 5.88 Å². The molecule has 36 heavy (non-hydrogen) atoms. The summed E-state index contributed by atoms with van der Waals surface area (Å²) in [6.45, 7) is 0.391. The Morgan fingerprint density at radius 1 is 0.806 bits per heavy atom. The predicted molar refractivity (Wildman–Crippen MR) is 144 cm³/mol. The first-order chi connectivity index (χ1) is 17.7. The first kappa shape index (κ1) is 23.2. The van der Waals surface area contributed by atoms with E-state index in [2.05, 4.69) is 11.1 Å². The molecule has 0 unspecified atom stereocenters. The van der Waals surface area contributed by atoms with Crippen molar-refractivity contribution in [2.75, 3.05) is 0 Å². The van der Waals surface area contributed by atoms with Gasteiger partial charge in [0.25, 0.3) is 0 Å². The molecule has 1 aromatic heterocycles. The fourth-order valence-corrected chi connectivity index (χ4v) is 4.00. The molecule has 5 aromatic rings. The van der Waals surface area contributed by atoms with Crippen molar-refractivity contribution < 1.29 is 9.15 Å². The topological polar surface area (TPSA) is 58.5 Å². The van der Waals surface area contributed by atoms with Crippen LogP contribution in [0.1, 0.15) is 16.7 Å². The minimum Gasteiger partial charge on any atom is -0.488 e. The molecule has 0 aliphatic heterocycles. The number of furan rings is 1. The molecule has 0 saturated carbocycles. The first-order valence-electron chi connectivity index (χ1n) is 11.4. The van der Waals surface area contributed by atoms with Gasteiger partial charge in [-0.2, -0.15) is 5.26 Å². The lowest BCUT2D eigenvalue weighted by Crippen LogP contribution is -1.98. The number of para-hydroxylation sites is 1. The van der Waals surface area contributed by atoms with Gasteiger partial charge in [-0.15, -0.1) is 0 Å². The Morgan fingerprint density at radius 2 is 1.44 bits per heavy atom. The number of nitrogens with zero attached hydrogens (tertiary/aromatic N) is 2. The standard InChI is InChI=1S/C31H21ClN2O2/c32-26-17-15-22(16-18-26)21-35-28-14-8-7-13-25(28)20-34-31-27(19-33)29(23-9-3-1-4-10-23)30(36-31)24-11-5-2-6-12-24/h1-18,20H,21H2. The van der Waals surface area contributed by atoms with Crippen LogP contribution in [0.2, 0.25) is 5.02 Å². The molecule has 4 aromatic carbocycles. The molecule has 0 bridgehead atoms. The molecule has 0 aliphatic carbocycles. The maximum atomic E-state index is 10.1. The van der Waals surface area contributed by atoms with Gasteiger partial charge in [0.05, 0.1) is 0 Å². The Morgan fingerprint density at radius 3 is 2.14 bits per heavy atom. The summed E-state index contributed by atoms with van der Waals surface area (Å²) in [5, 5.41) is 10.8. The zero-order chi connectivity index (χ0) is 24.7. The summed E-state index contributed by atoms with van der Waals surface area (Å²) < 4.78 is 12.3. The quantitative estimate of drug-likeness (QED) is 0.216. The first-order valence-corrected chi connectivity index (χ1v) is 11.8. The smallest absolute Gasteiger partial charge is 0.238 e. The highest BCUT2D eigenvalue weighted by Gasteiger charge is 2.22. The highest BCUT2D eigenvalue weighted by molar-refractivity contribution is 6.30. The third kappa shape index (κ3) is 5.07. The summed E-state index contributed by atoms with van der Waals surface area (Å²) >= 11 is 5.98. The van der Waals surface area contributed by atoms with Crippen molar-refractivity contribution in [1.29, 1.82) is 5.26 Å². The van der Waals surface area contributed by atoms with Crippen molar-refractivity contribution in [3.63, 3.8) is 0 Å². The lowest BCUT2D eigenvalue weighted by Gasteiger charge is -2.09. The average Bonchev–Trinajstić information content (AvgIpc) is 3.31. The Bertz CT molecular complexity index is 1530. The molecule has 4 nitrogen and oxygen atoms in total. The van der Waals surface area contributed by atoms with Crippen LogP contribution >= 0.6 is 11.6 Å². The average molecular weight is 489 g/mol. The summed E-state index contributed by atoms with van der Waals surface area (Å²) in [4.78, 5) is 4.60. The van der Waals surface area contributed by atoms with Crippen LogP contribution in [-0.2, 0) is 6.61 Å². The molecule has 1 heterocycles. The summed E-state index contributed by atoms with van der Waals surface area (Å²) in [5.41, 5.74) is 4.66. The molecule has 0 saturated heterocycles. The second kappa shape index (κ2) is 10.8. The number of halogens is 1. The normalized spacial score (nSPS) is 10.9. The molecule has 0 amide bonds. The van der Waals surface area contributed by atoms with Gasteiger partial charge in [-0.3, -0.25) is 0 Å². The number of hydrogen-bond acceptors (Lipinski definition) is 4. The number of rotatable bonds is 7. The van der Waals surface area contributed by atoms with Gasteiger partial charge >= 0.3 is 0 Å². The van der Waals surface area contributed by atoms with Crippen molar-refractivity contribution in [1.82, 2.24) is 0 Å². The predicted octanol–water partition coefficient (Wildman–Crippen LogP) is 8.47. The summed E-state index contributed by atoms with van der Waals surface area (Å²) in [7, 11) is 0. The number of nitriles is 1. The molecular weight excluding hydrogens is 468 g/mol. The van der Waals surface area contributed by atoms with E-state index >= 15 is 0 Å². The second-order valence-corrected chi connectivity index (χ2v) is 8.48. The zero-order valence-electron chi connectivity index (χ0n) is 19.3. The molecule has 0 radical (unpaired) electrons. The Balaban J connectivity index is 1.51. The van der Waals surface area contributed by atoms with Gasteiger partial charge in [0.15, 0.2) is 0 Å². The second-order valence-electron chi connectivity index (χ2n) is 8.04. The lowest BCUT2D eigenvalue weighted by molar-refractivity contribution is 0.306. The molecular formula is C31H21ClN2O2. The third-order valence-corrected chi connectivity index (χ3v) is 5.90. The number of aliphatic imine (C=N–C) groups is 1. The van der Waals surface area contributed by atoms with Crippen molar-refractivity contribution in [3.05, 3.63) is 131 Å². The maximum absolute atomic E-state index is 10.1. The number of benzene rings is 4. The molecule has 0 atom stereocenters. The van der Waals surface area contributed by atoms with E-state index in [4.69, 9.17) is 20.8 Å². The minimum absolute atomic E-state index is 0.253. The van der Waals surface area contributed by atoms with Crippen molar-refractivity contribution in [3.8, 4) is 34.3 Å². The van der Waals surface area contributed by atoms with Crippen molar-refractivity contribution in [2.24, 2.45) is 4.99 Å². The van der Waals surface area contributed by atoms with E-state index in [1.165, 1.54) is 0 Å². The molecule has 5 heteroatoms. The largest absolute Gasteiger partial charge is 0.488 e.